The Kier molecular flexibility index (Phi) is 6.27. The van der Waals surface area contributed by atoms with E-state index >= 15 is 0 Å². The molecule has 0 spiro atoms. The van der Waals surface area contributed by atoms with Gasteiger partial charge in [0.25, 0.3) is 10.1 Å². The lowest BCUT2D eigenvalue weighted by atomic mass is 10.2. The summed E-state index contributed by atoms with van der Waals surface area (Å²) in [5.74, 6) is -3.42. The Morgan fingerprint density at radius 1 is 1.28 bits per heavy atom. The molecule has 0 aromatic carbocycles. The molecule has 0 heterocycles. The van der Waals surface area contributed by atoms with E-state index in [1.54, 1.807) is 0 Å². The third-order valence-electron chi connectivity index (χ3n) is 1.73. The smallest absolute Gasteiger partial charge is 0.305 e. The van der Waals surface area contributed by atoms with Gasteiger partial charge in [-0.1, -0.05) is 0 Å². The highest BCUT2D eigenvalue weighted by Gasteiger charge is 2.22. The number of nitrogens with one attached hydrogen (secondary N) is 2. The Morgan fingerprint density at radius 3 is 2.22 bits per heavy atom. The first kappa shape index (κ1) is 16.3. The number of aliphatic carboxylic acids is 1. The zero-order chi connectivity index (χ0) is 14.3. The van der Waals surface area contributed by atoms with Crippen molar-refractivity contribution in [2.45, 2.75) is 19.4 Å². The van der Waals surface area contributed by atoms with Gasteiger partial charge in [-0.25, -0.2) is 0 Å². The number of hydrogen-bond donors (Lipinski definition) is 4. The van der Waals surface area contributed by atoms with Crippen LogP contribution in [0.15, 0.2) is 0 Å². The highest BCUT2D eigenvalue weighted by Crippen LogP contribution is 1.93. The fraction of sp³-hybridized carbons (Fsp3) is 0.625. The van der Waals surface area contributed by atoms with Gasteiger partial charge in [0.05, 0.1) is 12.2 Å². The molecule has 9 nitrogen and oxygen atoms in total. The maximum Gasteiger partial charge on any atom is 0.305 e. The average Bonchev–Trinajstić information content (AvgIpc) is 2.12. The van der Waals surface area contributed by atoms with Gasteiger partial charge in [0.15, 0.2) is 0 Å². The molecule has 0 aliphatic carbocycles. The molecule has 2 amide bonds. The molecule has 1 unspecified atom stereocenters. The van der Waals surface area contributed by atoms with Crippen LogP contribution < -0.4 is 10.6 Å². The van der Waals surface area contributed by atoms with Crippen LogP contribution in [0.5, 0.6) is 0 Å². The highest BCUT2D eigenvalue weighted by atomic mass is 32.2. The van der Waals surface area contributed by atoms with Crippen LogP contribution in [0.1, 0.15) is 13.3 Å². The fourth-order valence-electron chi connectivity index (χ4n) is 1.06. The summed E-state index contributed by atoms with van der Waals surface area (Å²) in [6.07, 6.45) is -0.628. The zero-order valence-corrected chi connectivity index (χ0v) is 10.4. The second kappa shape index (κ2) is 6.91. The highest BCUT2D eigenvalue weighted by molar-refractivity contribution is 7.85. The van der Waals surface area contributed by atoms with Crippen LogP contribution in [0.4, 0.5) is 0 Å². The minimum absolute atomic E-state index is 0.382. The van der Waals surface area contributed by atoms with Crippen molar-refractivity contribution >= 4 is 27.9 Å². The van der Waals surface area contributed by atoms with E-state index in [1.165, 1.54) is 0 Å². The van der Waals surface area contributed by atoms with Crippen LogP contribution in [0, 0.1) is 0 Å². The molecule has 0 aliphatic heterocycles. The zero-order valence-electron chi connectivity index (χ0n) is 9.54. The fourth-order valence-corrected chi connectivity index (χ4v) is 1.42. The lowest BCUT2D eigenvalue weighted by Gasteiger charge is -2.15. The number of carboxylic acids is 1. The molecule has 0 radical (unpaired) electrons. The van der Waals surface area contributed by atoms with Gasteiger partial charge in [-0.3, -0.25) is 18.9 Å². The quantitative estimate of drug-likeness (QED) is 0.393. The Bertz CT molecular complexity index is 415. The van der Waals surface area contributed by atoms with Gasteiger partial charge in [-0.05, 0) is 0 Å². The van der Waals surface area contributed by atoms with E-state index in [2.05, 4.69) is 10.6 Å². The summed E-state index contributed by atoms with van der Waals surface area (Å²) in [6, 6.07) is -1.29. The van der Waals surface area contributed by atoms with Crippen molar-refractivity contribution in [2.24, 2.45) is 0 Å². The number of hydrogen-bond acceptors (Lipinski definition) is 5. The van der Waals surface area contributed by atoms with Gasteiger partial charge in [0.1, 0.15) is 6.04 Å². The van der Waals surface area contributed by atoms with E-state index in [-0.39, 0.29) is 6.54 Å². The summed E-state index contributed by atoms with van der Waals surface area (Å²) in [6.45, 7) is 0.730. The van der Waals surface area contributed by atoms with Crippen molar-refractivity contribution < 1.29 is 32.5 Å². The first-order chi connectivity index (χ1) is 8.11. The lowest BCUT2D eigenvalue weighted by molar-refractivity contribution is -0.140. The van der Waals surface area contributed by atoms with E-state index < -0.39 is 46.1 Å². The van der Waals surface area contributed by atoms with Crippen LogP contribution in [0.25, 0.3) is 0 Å². The van der Waals surface area contributed by atoms with Gasteiger partial charge < -0.3 is 15.7 Å². The first-order valence-electron chi connectivity index (χ1n) is 4.83. The van der Waals surface area contributed by atoms with Crippen LogP contribution in [-0.4, -0.2) is 54.2 Å². The molecule has 0 aromatic rings. The van der Waals surface area contributed by atoms with Crippen LogP contribution in [-0.2, 0) is 24.5 Å². The summed E-state index contributed by atoms with van der Waals surface area (Å²) in [5.41, 5.74) is 0. The molecule has 0 fully saturated rings. The molecule has 0 rings (SSSR count). The molecule has 0 aromatic heterocycles. The standard InChI is InChI=1S/C8H14N2O7S/c1-5(11)10-6(4-7(12)13)8(14)9-2-3-18(15,16)17/h6H,2-4H2,1H3,(H,9,14)(H,10,11)(H,12,13)(H,15,16,17). The number of carboxylic acid groups (broad SMARTS) is 1. The minimum atomic E-state index is -4.21. The lowest BCUT2D eigenvalue weighted by Crippen LogP contribution is -2.48. The Morgan fingerprint density at radius 2 is 1.83 bits per heavy atom. The number of rotatable bonds is 7. The molecule has 104 valence electrons. The van der Waals surface area contributed by atoms with Gasteiger partial charge in [-0.2, -0.15) is 8.42 Å². The summed E-state index contributed by atoms with van der Waals surface area (Å²) in [7, 11) is -4.21. The van der Waals surface area contributed by atoms with Crippen molar-refractivity contribution in [2.75, 3.05) is 12.3 Å². The maximum absolute atomic E-state index is 11.4. The normalized spacial score (nSPS) is 12.6. The molecule has 10 heteroatoms. The molecule has 4 N–H and O–H groups in total. The minimum Gasteiger partial charge on any atom is -0.481 e. The predicted octanol–water partition coefficient (Wildman–Crippen LogP) is -2.03. The van der Waals surface area contributed by atoms with Gasteiger partial charge in [0, 0.05) is 13.5 Å². The molecule has 0 aliphatic rings. The van der Waals surface area contributed by atoms with E-state index in [4.69, 9.17) is 9.66 Å². The second-order valence-corrected chi connectivity index (χ2v) is 5.00. The number of carbonyl (C=O) groups is 3. The molecule has 0 saturated heterocycles. The van der Waals surface area contributed by atoms with Crippen LogP contribution in [0.3, 0.4) is 0 Å². The first-order valence-corrected chi connectivity index (χ1v) is 6.44. The van der Waals surface area contributed by atoms with Gasteiger partial charge in [0.2, 0.25) is 11.8 Å². The SMILES string of the molecule is CC(=O)NC(CC(=O)O)C(=O)NCCS(=O)(=O)O. The molecule has 18 heavy (non-hydrogen) atoms. The predicted molar refractivity (Wildman–Crippen MR) is 59.3 cm³/mol. The molecule has 0 saturated carbocycles. The van der Waals surface area contributed by atoms with Crippen LogP contribution >= 0.6 is 0 Å². The van der Waals surface area contributed by atoms with E-state index in [1.807, 2.05) is 0 Å². The third-order valence-corrected chi connectivity index (χ3v) is 2.45. The summed E-state index contributed by atoms with van der Waals surface area (Å²) < 4.78 is 29.2. The summed E-state index contributed by atoms with van der Waals surface area (Å²) >= 11 is 0. The van der Waals surface area contributed by atoms with Crippen molar-refractivity contribution in [3.8, 4) is 0 Å². The Labute approximate surface area is 103 Å². The molecular weight excluding hydrogens is 268 g/mol. The second-order valence-electron chi connectivity index (χ2n) is 3.43. The number of amides is 2. The van der Waals surface area contributed by atoms with Crippen molar-refractivity contribution in [3.05, 3.63) is 0 Å². The van der Waals surface area contributed by atoms with Gasteiger partial charge >= 0.3 is 5.97 Å². The third kappa shape index (κ3) is 8.47. The van der Waals surface area contributed by atoms with Crippen molar-refractivity contribution in [1.29, 1.82) is 0 Å². The Balaban J connectivity index is 4.37. The van der Waals surface area contributed by atoms with E-state index in [9.17, 15) is 22.8 Å². The molecular formula is C8H14N2O7S. The van der Waals surface area contributed by atoms with Crippen molar-refractivity contribution in [1.82, 2.24) is 10.6 Å². The monoisotopic (exact) mass is 282 g/mol. The summed E-state index contributed by atoms with van der Waals surface area (Å²) in [5, 5.41) is 12.7. The van der Waals surface area contributed by atoms with Crippen molar-refractivity contribution in [3.63, 3.8) is 0 Å². The van der Waals surface area contributed by atoms with Gasteiger partial charge in [-0.15, -0.1) is 0 Å². The Hall–Kier alpha value is -1.68. The summed E-state index contributed by atoms with van der Waals surface area (Å²) in [4.78, 5) is 32.6. The van der Waals surface area contributed by atoms with E-state index in [0.717, 1.165) is 6.92 Å². The molecule has 1 atom stereocenters. The molecule has 0 bridgehead atoms. The van der Waals surface area contributed by atoms with Crippen LogP contribution in [0.2, 0.25) is 0 Å². The topological polar surface area (TPSA) is 150 Å². The number of carbonyl (C=O) groups excluding carboxylic acids is 2. The maximum atomic E-state index is 11.4. The van der Waals surface area contributed by atoms with E-state index in [0.29, 0.717) is 0 Å². The largest absolute Gasteiger partial charge is 0.481 e. The average molecular weight is 282 g/mol.